The summed E-state index contributed by atoms with van der Waals surface area (Å²) in [7, 11) is -3.13. The van der Waals surface area contributed by atoms with Gasteiger partial charge in [-0.3, -0.25) is 4.79 Å². The minimum atomic E-state index is -3.13. The number of hydrogen-bond acceptors (Lipinski definition) is 4. The molecule has 156 valence electrons. The van der Waals surface area contributed by atoms with Crippen LogP contribution in [0.15, 0.2) is 65.1 Å². The maximum absolute atomic E-state index is 13.2. The third kappa shape index (κ3) is 4.60. The van der Waals surface area contributed by atoms with E-state index in [9.17, 15) is 13.2 Å². The lowest BCUT2D eigenvalue weighted by atomic mass is 10.1. The van der Waals surface area contributed by atoms with E-state index in [-0.39, 0.29) is 30.0 Å². The lowest BCUT2D eigenvalue weighted by molar-refractivity contribution is 0.0666. The van der Waals surface area contributed by atoms with Crippen molar-refractivity contribution in [2.24, 2.45) is 0 Å². The normalized spacial score (nSPS) is 17.7. The molecule has 0 unspecified atom stereocenters. The summed E-state index contributed by atoms with van der Waals surface area (Å²) in [5.41, 5.74) is 2.47. The Hall–Kier alpha value is -2.57. The van der Waals surface area contributed by atoms with Gasteiger partial charge >= 0.3 is 0 Å². The highest BCUT2D eigenvalue weighted by atomic mass is 35.5. The Bertz CT molecular complexity index is 1150. The number of benzene rings is 2. The van der Waals surface area contributed by atoms with Gasteiger partial charge in [0.05, 0.1) is 18.1 Å². The minimum Gasteiger partial charge on any atom is -0.459 e. The molecule has 0 radical (unpaired) electrons. The van der Waals surface area contributed by atoms with Gasteiger partial charge in [0.2, 0.25) is 0 Å². The second-order valence-corrected chi connectivity index (χ2v) is 10.3. The standard InChI is InChI=1S/C23H22ClNO4S/c1-16-2-4-18(5-3-16)23(26)25(20-12-13-30(27,28)15-20)14-21-10-11-22(29-21)17-6-8-19(24)9-7-17/h2-11,20H,12-15H2,1H3/t20-/m1/s1. The molecule has 1 fully saturated rings. The van der Waals surface area contributed by atoms with Crippen LogP contribution in [0.5, 0.6) is 0 Å². The van der Waals surface area contributed by atoms with Crippen molar-refractivity contribution in [1.29, 1.82) is 0 Å². The van der Waals surface area contributed by atoms with Gasteiger partial charge in [-0.1, -0.05) is 29.3 Å². The Morgan fingerprint density at radius 3 is 2.40 bits per heavy atom. The van der Waals surface area contributed by atoms with Gasteiger partial charge in [-0.2, -0.15) is 0 Å². The molecule has 0 saturated carbocycles. The molecule has 2 aromatic carbocycles. The summed E-state index contributed by atoms with van der Waals surface area (Å²) < 4.78 is 30.1. The topological polar surface area (TPSA) is 67.6 Å². The minimum absolute atomic E-state index is 0.0185. The smallest absolute Gasteiger partial charge is 0.254 e. The maximum atomic E-state index is 13.2. The van der Waals surface area contributed by atoms with Crippen molar-refractivity contribution in [3.8, 4) is 11.3 Å². The second-order valence-electron chi connectivity index (χ2n) is 7.63. The van der Waals surface area contributed by atoms with Crippen molar-refractivity contribution in [2.45, 2.75) is 25.9 Å². The van der Waals surface area contributed by atoms with Crippen LogP contribution in [0.1, 0.15) is 28.1 Å². The molecule has 30 heavy (non-hydrogen) atoms. The van der Waals surface area contributed by atoms with E-state index in [1.54, 1.807) is 29.2 Å². The molecule has 4 rings (SSSR count). The lowest BCUT2D eigenvalue weighted by Crippen LogP contribution is -2.40. The van der Waals surface area contributed by atoms with Crippen LogP contribution in [-0.4, -0.2) is 36.8 Å². The van der Waals surface area contributed by atoms with Crippen molar-refractivity contribution >= 4 is 27.3 Å². The Balaban J connectivity index is 1.61. The average molecular weight is 444 g/mol. The highest BCUT2D eigenvalue weighted by molar-refractivity contribution is 7.91. The van der Waals surface area contributed by atoms with E-state index in [1.807, 2.05) is 43.3 Å². The van der Waals surface area contributed by atoms with E-state index < -0.39 is 9.84 Å². The van der Waals surface area contributed by atoms with Crippen molar-refractivity contribution in [3.63, 3.8) is 0 Å². The van der Waals surface area contributed by atoms with E-state index in [0.717, 1.165) is 11.1 Å². The molecule has 0 N–H and O–H groups in total. The Kier molecular flexibility index (Phi) is 5.71. The molecule has 1 atom stereocenters. The largest absolute Gasteiger partial charge is 0.459 e. The summed E-state index contributed by atoms with van der Waals surface area (Å²) in [5, 5.41) is 0.642. The number of halogens is 1. The number of sulfone groups is 1. The number of carbonyl (C=O) groups excluding carboxylic acids is 1. The summed E-state index contributed by atoms with van der Waals surface area (Å²) >= 11 is 5.95. The molecule has 1 aliphatic heterocycles. The fraction of sp³-hybridized carbons (Fsp3) is 0.261. The third-order valence-electron chi connectivity index (χ3n) is 5.33. The molecule has 1 aromatic heterocycles. The predicted molar refractivity (Wildman–Crippen MR) is 117 cm³/mol. The van der Waals surface area contributed by atoms with Crippen molar-refractivity contribution < 1.29 is 17.6 Å². The SMILES string of the molecule is Cc1ccc(C(=O)N(Cc2ccc(-c3ccc(Cl)cc3)o2)[C@@H]2CCS(=O)(=O)C2)cc1. The number of rotatable bonds is 5. The second kappa shape index (κ2) is 8.28. The number of furan rings is 1. The van der Waals surface area contributed by atoms with E-state index in [2.05, 4.69) is 0 Å². The number of nitrogens with zero attached hydrogens (tertiary/aromatic N) is 1. The van der Waals surface area contributed by atoms with Gasteiger partial charge in [-0.25, -0.2) is 8.42 Å². The van der Waals surface area contributed by atoms with Crippen molar-refractivity contribution in [3.05, 3.63) is 82.6 Å². The summed E-state index contributed by atoms with van der Waals surface area (Å²) in [5.74, 6) is 1.16. The van der Waals surface area contributed by atoms with Gasteiger partial charge in [0.25, 0.3) is 5.91 Å². The summed E-state index contributed by atoms with van der Waals surface area (Å²) in [6, 6.07) is 17.9. The number of hydrogen-bond donors (Lipinski definition) is 0. The molecule has 0 aliphatic carbocycles. The summed E-state index contributed by atoms with van der Waals surface area (Å²) in [4.78, 5) is 14.9. The highest BCUT2D eigenvalue weighted by Crippen LogP contribution is 2.27. The van der Waals surface area contributed by atoms with Crippen LogP contribution in [0.2, 0.25) is 5.02 Å². The fourth-order valence-electron chi connectivity index (χ4n) is 3.65. The summed E-state index contributed by atoms with van der Waals surface area (Å²) in [6.45, 7) is 2.16. The van der Waals surface area contributed by atoms with E-state index in [4.69, 9.17) is 16.0 Å². The van der Waals surface area contributed by atoms with Gasteiger partial charge in [0.15, 0.2) is 9.84 Å². The number of amides is 1. The lowest BCUT2D eigenvalue weighted by Gasteiger charge is -2.27. The zero-order chi connectivity index (χ0) is 21.3. The fourth-order valence-corrected chi connectivity index (χ4v) is 5.51. The molecule has 1 amide bonds. The predicted octanol–water partition coefficient (Wildman–Crippen LogP) is 4.74. The summed E-state index contributed by atoms with van der Waals surface area (Å²) in [6.07, 6.45) is 0.435. The number of carbonyl (C=O) groups is 1. The molecular weight excluding hydrogens is 422 g/mol. The number of aryl methyl sites for hydroxylation is 1. The zero-order valence-electron chi connectivity index (χ0n) is 16.5. The molecule has 0 spiro atoms. The van der Waals surface area contributed by atoms with Crippen LogP contribution in [0, 0.1) is 6.92 Å². The molecule has 0 bridgehead atoms. The van der Waals surface area contributed by atoms with Crippen LogP contribution >= 0.6 is 11.6 Å². The first-order valence-corrected chi connectivity index (χ1v) is 11.9. The first kappa shape index (κ1) is 20.7. The van der Waals surface area contributed by atoms with Gasteiger partial charge in [-0.05, 0) is 61.9 Å². The van der Waals surface area contributed by atoms with Crippen molar-refractivity contribution in [1.82, 2.24) is 4.90 Å². The van der Waals surface area contributed by atoms with E-state index in [1.165, 1.54) is 0 Å². The van der Waals surface area contributed by atoms with Crippen LogP contribution in [0.3, 0.4) is 0 Å². The molecule has 3 aromatic rings. The van der Waals surface area contributed by atoms with Crippen LogP contribution in [0.4, 0.5) is 0 Å². The van der Waals surface area contributed by atoms with Gasteiger partial charge < -0.3 is 9.32 Å². The monoisotopic (exact) mass is 443 g/mol. The molecule has 1 aliphatic rings. The molecule has 1 saturated heterocycles. The first-order chi connectivity index (χ1) is 14.3. The quantitative estimate of drug-likeness (QED) is 0.571. The third-order valence-corrected chi connectivity index (χ3v) is 7.33. The average Bonchev–Trinajstić information content (AvgIpc) is 3.33. The highest BCUT2D eigenvalue weighted by Gasteiger charge is 2.35. The van der Waals surface area contributed by atoms with Crippen molar-refractivity contribution in [2.75, 3.05) is 11.5 Å². The Morgan fingerprint density at radius 2 is 1.77 bits per heavy atom. The van der Waals surface area contributed by atoms with E-state index in [0.29, 0.717) is 28.5 Å². The zero-order valence-corrected chi connectivity index (χ0v) is 18.1. The maximum Gasteiger partial charge on any atom is 0.254 e. The van der Waals surface area contributed by atoms with Gasteiger partial charge in [0.1, 0.15) is 11.5 Å². The van der Waals surface area contributed by atoms with Crippen LogP contribution in [-0.2, 0) is 16.4 Å². The van der Waals surface area contributed by atoms with Gasteiger partial charge in [-0.15, -0.1) is 0 Å². The Labute approximate surface area is 181 Å². The molecular formula is C23H22ClNO4S. The Morgan fingerprint density at radius 1 is 1.07 bits per heavy atom. The van der Waals surface area contributed by atoms with Gasteiger partial charge in [0, 0.05) is 22.2 Å². The van der Waals surface area contributed by atoms with Crippen LogP contribution < -0.4 is 0 Å². The molecule has 2 heterocycles. The van der Waals surface area contributed by atoms with E-state index >= 15 is 0 Å². The van der Waals surface area contributed by atoms with Crippen LogP contribution in [0.25, 0.3) is 11.3 Å². The molecule has 7 heteroatoms. The molecule has 5 nitrogen and oxygen atoms in total. The first-order valence-electron chi connectivity index (χ1n) is 9.73.